The number of hydrogen-bond donors (Lipinski definition) is 4. The number of nitrogens with one attached hydrogen (secondary N) is 4. The van der Waals surface area contributed by atoms with Gasteiger partial charge in [0.05, 0.1) is 11.4 Å². The fourth-order valence-corrected chi connectivity index (χ4v) is 3.15. The quantitative estimate of drug-likeness (QED) is 0.434. The minimum atomic E-state index is -0.412. The number of anilines is 2. The summed E-state index contributed by atoms with van der Waals surface area (Å²) in [5.74, 6) is 0. The number of thioether (sulfide) groups is 2. The average molecular weight is 413 g/mol. The molecule has 0 aliphatic rings. The van der Waals surface area contributed by atoms with Crippen LogP contribution in [0.4, 0.5) is 21.0 Å². The summed E-state index contributed by atoms with van der Waals surface area (Å²) >= 11 is 1.95. The predicted octanol–water partition coefficient (Wildman–Crippen LogP) is 4.00. The molecule has 0 saturated carbocycles. The van der Waals surface area contributed by atoms with Gasteiger partial charge in [-0.3, -0.25) is 0 Å². The zero-order chi connectivity index (χ0) is 20.5. The van der Waals surface area contributed by atoms with Crippen molar-refractivity contribution < 1.29 is 9.59 Å². The fourth-order valence-electron chi connectivity index (χ4n) is 2.31. The van der Waals surface area contributed by atoms with Gasteiger partial charge in [-0.15, -0.1) is 0 Å². The van der Waals surface area contributed by atoms with E-state index in [1.165, 1.54) is 14.1 Å². The first-order valence-electron chi connectivity index (χ1n) is 7.90. The molecule has 0 spiro atoms. The van der Waals surface area contributed by atoms with Gasteiger partial charge in [0.1, 0.15) is 10.8 Å². The highest BCUT2D eigenvalue weighted by atomic mass is 32.2. The van der Waals surface area contributed by atoms with Crippen LogP contribution in [0.5, 0.6) is 0 Å². The van der Waals surface area contributed by atoms with E-state index < -0.39 is 12.1 Å². The standard InChI is InChI=1S/C18H16N6O2S2/c1-21-17(25)23-15-5-3-11(27-9-19)7-13(15)14-8-12(28-10-20)4-6-16(14)24-18(26)22-2/h3-8H,1-2H3,(H2,21,23,25)(H2,22,24,26). The number of amides is 4. The molecule has 0 aromatic heterocycles. The molecule has 10 heteroatoms. The fraction of sp³-hybridized carbons (Fsp3) is 0.111. The first-order chi connectivity index (χ1) is 13.5. The Bertz CT molecular complexity index is 902. The van der Waals surface area contributed by atoms with Crippen LogP contribution in [0.2, 0.25) is 0 Å². The van der Waals surface area contributed by atoms with Crippen LogP contribution in [0.3, 0.4) is 0 Å². The summed E-state index contributed by atoms with van der Waals surface area (Å²) in [7, 11) is 3.00. The van der Waals surface area contributed by atoms with Crippen LogP contribution in [0.25, 0.3) is 11.1 Å². The molecule has 0 bridgehead atoms. The Balaban J connectivity index is 2.67. The molecule has 0 fully saturated rings. The van der Waals surface area contributed by atoms with E-state index in [0.29, 0.717) is 32.3 Å². The van der Waals surface area contributed by atoms with Gasteiger partial charge in [0, 0.05) is 35.0 Å². The Morgan fingerprint density at radius 2 is 1.18 bits per heavy atom. The number of nitrogens with zero attached hydrogens (tertiary/aromatic N) is 2. The number of benzene rings is 2. The normalized spacial score (nSPS) is 9.57. The van der Waals surface area contributed by atoms with Crippen LogP contribution >= 0.6 is 23.5 Å². The molecule has 2 aromatic rings. The zero-order valence-electron chi connectivity index (χ0n) is 15.0. The average Bonchev–Trinajstić information content (AvgIpc) is 2.70. The molecule has 0 atom stereocenters. The van der Waals surface area contributed by atoms with Gasteiger partial charge in [0.15, 0.2) is 0 Å². The molecule has 0 radical (unpaired) electrons. The smallest absolute Gasteiger partial charge is 0.318 e. The topological polar surface area (TPSA) is 130 Å². The molecular formula is C18H16N6O2S2. The van der Waals surface area contributed by atoms with E-state index in [2.05, 4.69) is 21.3 Å². The second kappa shape index (κ2) is 10.1. The summed E-state index contributed by atoms with van der Waals surface area (Å²) in [6.45, 7) is 0. The van der Waals surface area contributed by atoms with E-state index in [9.17, 15) is 9.59 Å². The summed E-state index contributed by atoms with van der Waals surface area (Å²) in [4.78, 5) is 25.0. The van der Waals surface area contributed by atoms with Crippen molar-refractivity contribution in [2.45, 2.75) is 9.79 Å². The minimum absolute atomic E-state index is 0.412. The van der Waals surface area contributed by atoms with Gasteiger partial charge in [0.25, 0.3) is 0 Å². The highest BCUT2D eigenvalue weighted by Gasteiger charge is 2.15. The van der Waals surface area contributed by atoms with E-state index in [-0.39, 0.29) is 0 Å². The van der Waals surface area contributed by atoms with Crippen LogP contribution in [0.1, 0.15) is 0 Å². The van der Waals surface area contributed by atoms with Gasteiger partial charge in [0.2, 0.25) is 0 Å². The second-order valence-electron chi connectivity index (χ2n) is 5.21. The summed E-state index contributed by atoms with van der Waals surface area (Å²) in [5, 5.41) is 32.4. The number of nitriles is 2. The maximum Gasteiger partial charge on any atom is 0.318 e. The van der Waals surface area contributed by atoms with Crippen LogP contribution in [-0.2, 0) is 0 Å². The lowest BCUT2D eigenvalue weighted by atomic mass is 10.0. The highest BCUT2D eigenvalue weighted by molar-refractivity contribution is 8.04. The molecule has 4 N–H and O–H groups in total. The third-order valence-electron chi connectivity index (χ3n) is 3.55. The maximum absolute atomic E-state index is 11.8. The number of carbonyl (C=O) groups excluding carboxylic acids is 2. The first kappa shape index (κ1) is 21.0. The van der Waals surface area contributed by atoms with E-state index in [4.69, 9.17) is 10.5 Å². The van der Waals surface area contributed by atoms with E-state index in [1.54, 1.807) is 36.4 Å². The molecular weight excluding hydrogens is 396 g/mol. The monoisotopic (exact) mass is 412 g/mol. The molecule has 142 valence electrons. The molecule has 0 unspecified atom stereocenters. The number of rotatable bonds is 5. The summed E-state index contributed by atoms with van der Waals surface area (Å²) in [6, 6.07) is 9.44. The number of hydrogen-bond acceptors (Lipinski definition) is 6. The molecule has 0 aliphatic heterocycles. The highest BCUT2D eigenvalue weighted by Crippen LogP contribution is 2.38. The molecule has 4 amide bonds. The van der Waals surface area contributed by atoms with Crippen molar-refractivity contribution in [3.8, 4) is 21.9 Å². The molecule has 28 heavy (non-hydrogen) atoms. The van der Waals surface area contributed by atoms with Gasteiger partial charge < -0.3 is 21.3 Å². The third-order valence-corrected chi connectivity index (χ3v) is 4.71. The third kappa shape index (κ3) is 5.33. The molecule has 2 rings (SSSR count). The van der Waals surface area contributed by atoms with Crippen LogP contribution in [0, 0.1) is 21.3 Å². The Morgan fingerprint density at radius 1 is 0.786 bits per heavy atom. The van der Waals surface area contributed by atoms with Crippen molar-refractivity contribution in [1.82, 2.24) is 10.6 Å². The van der Waals surface area contributed by atoms with Gasteiger partial charge in [-0.25, -0.2) is 9.59 Å². The van der Waals surface area contributed by atoms with Crippen molar-refractivity contribution in [2.75, 3.05) is 24.7 Å². The minimum Gasteiger partial charge on any atom is -0.341 e. The van der Waals surface area contributed by atoms with Crippen molar-refractivity contribution in [1.29, 1.82) is 10.5 Å². The first-order valence-corrected chi connectivity index (χ1v) is 9.53. The van der Waals surface area contributed by atoms with Crippen LogP contribution in [-0.4, -0.2) is 26.2 Å². The lowest BCUT2D eigenvalue weighted by molar-refractivity contribution is 0.253. The van der Waals surface area contributed by atoms with Gasteiger partial charge >= 0.3 is 12.1 Å². The summed E-state index contributed by atoms with van der Waals surface area (Å²) < 4.78 is 0. The zero-order valence-corrected chi connectivity index (χ0v) is 16.6. The summed E-state index contributed by atoms with van der Waals surface area (Å²) in [5.41, 5.74) is 2.16. The Labute approximate surface area is 170 Å². The largest absolute Gasteiger partial charge is 0.341 e. The van der Waals surface area contributed by atoms with Gasteiger partial charge in [-0.1, -0.05) is 0 Å². The molecule has 2 aromatic carbocycles. The number of urea groups is 2. The Hall–Kier alpha value is -3.34. The maximum atomic E-state index is 11.8. The molecule has 0 saturated heterocycles. The van der Waals surface area contributed by atoms with Crippen molar-refractivity contribution in [3.63, 3.8) is 0 Å². The Kier molecular flexibility index (Phi) is 7.57. The lowest BCUT2D eigenvalue weighted by Crippen LogP contribution is -2.25. The Morgan fingerprint density at radius 3 is 1.50 bits per heavy atom. The van der Waals surface area contributed by atoms with Crippen LogP contribution < -0.4 is 21.3 Å². The van der Waals surface area contributed by atoms with E-state index >= 15 is 0 Å². The van der Waals surface area contributed by atoms with Gasteiger partial charge in [-0.05, 0) is 59.9 Å². The number of thiocyanates is 2. The van der Waals surface area contributed by atoms with Gasteiger partial charge in [-0.2, -0.15) is 10.5 Å². The lowest BCUT2D eigenvalue weighted by Gasteiger charge is -2.17. The molecule has 8 nitrogen and oxygen atoms in total. The van der Waals surface area contributed by atoms with Crippen molar-refractivity contribution in [3.05, 3.63) is 36.4 Å². The van der Waals surface area contributed by atoms with Crippen molar-refractivity contribution >= 4 is 47.0 Å². The second-order valence-corrected chi connectivity index (χ2v) is 6.93. The molecule has 0 heterocycles. The number of carbonyl (C=O) groups is 2. The summed E-state index contributed by atoms with van der Waals surface area (Å²) in [6.07, 6.45) is 0. The van der Waals surface area contributed by atoms with E-state index in [1.807, 2.05) is 10.8 Å². The van der Waals surface area contributed by atoms with E-state index in [0.717, 1.165) is 23.5 Å². The van der Waals surface area contributed by atoms with Crippen LogP contribution in [0.15, 0.2) is 46.2 Å². The van der Waals surface area contributed by atoms with Crippen molar-refractivity contribution in [2.24, 2.45) is 0 Å². The predicted molar refractivity (Wildman–Crippen MR) is 111 cm³/mol. The SMILES string of the molecule is CNC(=O)Nc1ccc(SC#N)cc1-c1cc(SC#N)ccc1NC(=O)NC. The molecule has 0 aliphatic carbocycles.